The third kappa shape index (κ3) is 6.70. The topological polar surface area (TPSA) is 27.7 Å². The molecule has 0 bridgehead atoms. The highest BCUT2D eigenvalue weighted by atomic mass is 28.4. The van der Waals surface area contributed by atoms with Crippen LogP contribution in [0.5, 0.6) is 0 Å². The molecular weight excluding hydrogens is 256 g/mol. The molecule has 0 N–H and O–H groups in total. The van der Waals surface area contributed by atoms with Crippen molar-refractivity contribution in [3.05, 3.63) is 12.2 Å². The van der Waals surface area contributed by atoms with E-state index in [2.05, 4.69) is 32.9 Å². The van der Waals surface area contributed by atoms with Crippen LogP contribution in [0.3, 0.4) is 0 Å². The van der Waals surface area contributed by atoms with E-state index in [1.165, 1.54) is 0 Å². The van der Waals surface area contributed by atoms with Crippen molar-refractivity contribution >= 4 is 8.80 Å². The average molecular weight is 289 g/mol. The lowest BCUT2D eigenvalue weighted by molar-refractivity contribution is 0.0610. The second-order valence-corrected chi connectivity index (χ2v) is 7.94. The molecule has 19 heavy (non-hydrogen) atoms. The van der Waals surface area contributed by atoms with Crippen LogP contribution in [-0.2, 0) is 13.3 Å². The Bertz CT molecular complexity index is 227. The first-order valence-electron chi connectivity index (χ1n) is 7.60. The van der Waals surface area contributed by atoms with E-state index < -0.39 is 8.80 Å². The molecule has 0 aromatic rings. The minimum atomic E-state index is -2.51. The molecule has 4 heteroatoms. The van der Waals surface area contributed by atoms with Gasteiger partial charge in [0.25, 0.3) is 0 Å². The highest BCUT2D eigenvalue weighted by Crippen LogP contribution is 2.31. The van der Waals surface area contributed by atoms with Gasteiger partial charge in [-0.05, 0) is 46.5 Å². The largest absolute Gasteiger partial charge is 0.503 e. The lowest BCUT2D eigenvalue weighted by atomic mass is 10.0. The van der Waals surface area contributed by atoms with E-state index >= 15 is 0 Å². The second kappa shape index (κ2) is 10.6. The lowest BCUT2D eigenvalue weighted by Gasteiger charge is -2.33. The first kappa shape index (κ1) is 18.8. The SMILES string of the molecule is C/C=C/C(C)CCC(C)[Si](OCC)(OCC)OCC. The number of hydrogen-bond donors (Lipinski definition) is 0. The minimum Gasteiger partial charge on any atom is -0.374 e. The fraction of sp³-hybridized carbons (Fsp3) is 0.867. The molecule has 0 aliphatic carbocycles. The molecule has 0 radical (unpaired) electrons. The van der Waals surface area contributed by atoms with Crippen molar-refractivity contribution in [2.75, 3.05) is 19.8 Å². The van der Waals surface area contributed by atoms with Gasteiger partial charge in [-0.15, -0.1) is 0 Å². The summed E-state index contributed by atoms with van der Waals surface area (Å²) in [6.07, 6.45) is 6.59. The quantitative estimate of drug-likeness (QED) is 0.416. The molecule has 0 aromatic carbocycles. The predicted octanol–water partition coefficient (Wildman–Crippen LogP) is 4.42. The molecule has 0 aliphatic heterocycles. The molecule has 0 rings (SSSR count). The van der Waals surface area contributed by atoms with Crippen molar-refractivity contribution < 1.29 is 13.3 Å². The van der Waals surface area contributed by atoms with Crippen LogP contribution in [-0.4, -0.2) is 28.6 Å². The Labute approximate surface area is 120 Å². The van der Waals surface area contributed by atoms with Gasteiger partial charge in [0.1, 0.15) is 0 Å². The Morgan fingerprint density at radius 2 is 1.37 bits per heavy atom. The first-order chi connectivity index (χ1) is 9.06. The van der Waals surface area contributed by atoms with Crippen molar-refractivity contribution in [2.24, 2.45) is 5.92 Å². The average Bonchev–Trinajstić information content (AvgIpc) is 2.37. The third-order valence-electron chi connectivity index (χ3n) is 3.22. The monoisotopic (exact) mass is 288 g/mol. The van der Waals surface area contributed by atoms with E-state index in [-0.39, 0.29) is 0 Å². The van der Waals surface area contributed by atoms with Crippen LogP contribution in [0.1, 0.15) is 54.4 Å². The zero-order chi connectivity index (χ0) is 14.7. The van der Waals surface area contributed by atoms with E-state index in [1.54, 1.807) is 0 Å². The van der Waals surface area contributed by atoms with E-state index in [4.69, 9.17) is 13.3 Å². The molecule has 0 aromatic heterocycles. The van der Waals surface area contributed by atoms with Crippen LogP contribution in [0.4, 0.5) is 0 Å². The first-order valence-corrected chi connectivity index (χ1v) is 9.41. The van der Waals surface area contributed by atoms with Crippen LogP contribution in [0, 0.1) is 5.92 Å². The van der Waals surface area contributed by atoms with Crippen LogP contribution >= 0.6 is 0 Å². The van der Waals surface area contributed by atoms with Gasteiger partial charge in [0.15, 0.2) is 0 Å². The summed E-state index contributed by atoms with van der Waals surface area (Å²) in [4.78, 5) is 0. The Hall–Kier alpha value is -0.163. The molecule has 2 atom stereocenters. The Morgan fingerprint density at radius 3 is 1.74 bits per heavy atom. The number of rotatable bonds is 11. The van der Waals surface area contributed by atoms with Gasteiger partial charge in [-0.25, -0.2) is 0 Å². The molecule has 3 nitrogen and oxygen atoms in total. The molecule has 0 saturated carbocycles. The maximum atomic E-state index is 5.94. The number of hydrogen-bond acceptors (Lipinski definition) is 3. The Kier molecular flexibility index (Phi) is 10.5. The summed E-state index contributed by atoms with van der Waals surface area (Å²) in [5, 5.41) is 0. The molecule has 2 unspecified atom stereocenters. The van der Waals surface area contributed by atoms with Gasteiger partial charge in [-0.2, -0.15) is 0 Å². The van der Waals surface area contributed by atoms with Crippen molar-refractivity contribution in [3.63, 3.8) is 0 Å². The van der Waals surface area contributed by atoms with Gasteiger partial charge in [0, 0.05) is 25.4 Å². The van der Waals surface area contributed by atoms with Gasteiger partial charge in [0.05, 0.1) is 0 Å². The molecule has 0 spiro atoms. The molecule has 0 saturated heterocycles. The Balaban J connectivity index is 4.62. The van der Waals surface area contributed by atoms with Crippen molar-refractivity contribution in [1.82, 2.24) is 0 Å². The molecule has 0 amide bonds. The zero-order valence-electron chi connectivity index (χ0n) is 13.6. The van der Waals surface area contributed by atoms with E-state index in [0.29, 0.717) is 31.3 Å². The molecule has 114 valence electrons. The third-order valence-corrected chi connectivity index (χ3v) is 6.79. The maximum absolute atomic E-state index is 5.94. The lowest BCUT2D eigenvalue weighted by Crippen LogP contribution is -2.49. The standard InChI is InChI=1S/C15H32O3Si/c1-7-11-14(5)12-13-15(6)19(16-8-2,17-9-3)18-10-4/h7,11,14-15H,8-10,12-13H2,1-6H3/b11-7+. The molecule has 0 fully saturated rings. The summed E-state index contributed by atoms with van der Waals surface area (Å²) in [7, 11) is -2.51. The van der Waals surface area contributed by atoms with E-state index in [1.807, 2.05) is 20.8 Å². The van der Waals surface area contributed by atoms with Gasteiger partial charge in [-0.1, -0.05) is 26.0 Å². The number of allylic oxidation sites excluding steroid dienone is 2. The zero-order valence-corrected chi connectivity index (χ0v) is 14.6. The second-order valence-electron chi connectivity index (χ2n) is 4.88. The molecule has 0 aliphatic rings. The summed E-state index contributed by atoms with van der Waals surface area (Å²) in [6, 6.07) is 0. The van der Waals surface area contributed by atoms with Gasteiger partial charge in [0.2, 0.25) is 0 Å². The van der Waals surface area contributed by atoms with Gasteiger partial charge < -0.3 is 13.3 Å². The highest BCUT2D eigenvalue weighted by molar-refractivity contribution is 6.62. The summed E-state index contributed by atoms with van der Waals surface area (Å²) in [5.74, 6) is 0.601. The summed E-state index contributed by atoms with van der Waals surface area (Å²) >= 11 is 0. The fourth-order valence-corrected chi connectivity index (χ4v) is 5.10. The smallest absolute Gasteiger partial charge is 0.374 e. The fourth-order valence-electron chi connectivity index (χ4n) is 2.27. The van der Waals surface area contributed by atoms with E-state index in [9.17, 15) is 0 Å². The maximum Gasteiger partial charge on any atom is 0.503 e. The van der Waals surface area contributed by atoms with Crippen molar-refractivity contribution in [2.45, 2.75) is 59.9 Å². The summed E-state index contributed by atoms with van der Waals surface area (Å²) in [5.41, 5.74) is 0.347. The van der Waals surface area contributed by atoms with Crippen LogP contribution in [0.25, 0.3) is 0 Å². The predicted molar refractivity (Wildman–Crippen MR) is 83.3 cm³/mol. The minimum absolute atomic E-state index is 0.347. The molecule has 0 heterocycles. The summed E-state index contributed by atoms with van der Waals surface area (Å²) < 4.78 is 17.8. The highest BCUT2D eigenvalue weighted by Gasteiger charge is 2.46. The summed E-state index contributed by atoms with van der Waals surface area (Å²) in [6.45, 7) is 14.5. The van der Waals surface area contributed by atoms with Crippen molar-refractivity contribution in [3.8, 4) is 0 Å². The van der Waals surface area contributed by atoms with Crippen LogP contribution < -0.4 is 0 Å². The van der Waals surface area contributed by atoms with Crippen LogP contribution in [0.15, 0.2) is 12.2 Å². The Morgan fingerprint density at radius 1 is 0.895 bits per heavy atom. The van der Waals surface area contributed by atoms with Gasteiger partial charge >= 0.3 is 8.80 Å². The normalized spacial score (nSPS) is 15.9. The molecular formula is C15H32O3Si. The van der Waals surface area contributed by atoms with E-state index in [0.717, 1.165) is 12.8 Å². The van der Waals surface area contributed by atoms with Gasteiger partial charge in [-0.3, -0.25) is 0 Å². The van der Waals surface area contributed by atoms with Crippen LogP contribution in [0.2, 0.25) is 5.54 Å². The van der Waals surface area contributed by atoms with Crippen molar-refractivity contribution in [1.29, 1.82) is 0 Å².